The Labute approximate surface area is 74.3 Å². The van der Waals surface area contributed by atoms with E-state index in [-0.39, 0.29) is 18.2 Å². The Balaban J connectivity index is 0. The molecule has 0 saturated carbocycles. The molecule has 0 amide bonds. The second-order valence-electron chi connectivity index (χ2n) is 1.77. The molecule has 0 radical (unpaired) electrons. The monoisotopic (exact) mass is 209 g/mol. The van der Waals surface area contributed by atoms with E-state index in [0.717, 1.165) is 0 Å². The van der Waals surface area contributed by atoms with Gasteiger partial charge in [0.25, 0.3) is 0 Å². The molecule has 0 aromatic rings. The first-order valence-electron chi connectivity index (χ1n) is 2.91. The minimum absolute atomic E-state index is 0. The fourth-order valence-electron chi connectivity index (χ4n) is 0.373. The molecule has 70 valence electrons. The predicted molar refractivity (Wildman–Crippen MR) is 44.3 cm³/mol. The molecule has 0 saturated heterocycles. The third-order valence-corrected chi connectivity index (χ3v) is 1.81. The summed E-state index contributed by atoms with van der Waals surface area (Å²) < 4.78 is 34.3. The molecule has 0 aliphatic carbocycles. The summed E-state index contributed by atoms with van der Waals surface area (Å²) in [6.45, 7) is 0.447. The van der Waals surface area contributed by atoms with Crippen LogP contribution in [0.2, 0.25) is 0 Å². The van der Waals surface area contributed by atoms with E-state index < -0.39 is 12.6 Å². The van der Waals surface area contributed by atoms with Crippen LogP contribution >= 0.6 is 24.2 Å². The fraction of sp³-hybridized carbons (Fsp3) is 1.00. The van der Waals surface area contributed by atoms with Crippen LogP contribution in [0.1, 0.15) is 6.42 Å². The van der Waals surface area contributed by atoms with Crippen LogP contribution in [-0.4, -0.2) is 24.2 Å². The number of alkyl halides is 3. The second kappa shape index (κ2) is 7.06. The maximum atomic E-state index is 11.4. The van der Waals surface area contributed by atoms with Gasteiger partial charge in [-0.3, -0.25) is 0 Å². The fourth-order valence-corrected chi connectivity index (χ4v) is 1.12. The predicted octanol–water partition coefficient (Wildman–Crippen LogP) is 2.05. The Morgan fingerprint density at radius 3 is 2.09 bits per heavy atom. The van der Waals surface area contributed by atoms with Gasteiger partial charge >= 0.3 is 6.18 Å². The Kier molecular flexibility index (Phi) is 8.95. The van der Waals surface area contributed by atoms with E-state index >= 15 is 0 Å². The first-order chi connectivity index (χ1) is 4.56. The molecule has 0 spiro atoms. The summed E-state index contributed by atoms with van der Waals surface area (Å²) in [5.74, 6) is 0.733. The molecule has 1 nitrogen and oxygen atoms in total. The average Bonchev–Trinajstić information content (AvgIpc) is 1.78. The van der Waals surface area contributed by atoms with Crippen molar-refractivity contribution >= 4 is 24.2 Å². The Hall–Kier alpha value is 0.390. The summed E-state index contributed by atoms with van der Waals surface area (Å²) in [6, 6.07) is 0. The van der Waals surface area contributed by atoms with Crippen LogP contribution in [-0.2, 0) is 0 Å². The molecule has 0 aromatic carbocycles. The zero-order chi connectivity index (χ0) is 8.04. The summed E-state index contributed by atoms with van der Waals surface area (Å²) in [4.78, 5) is 0. The summed E-state index contributed by atoms with van der Waals surface area (Å²) >= 11 is 1.24. The highest BCUT2D eigenvalue weighted by molar-refractivity contribution is 7.99. The molecule has 0 aliphatic heterocycles. The normalized spacial score (nSPS) is 10.9. The molecule has 0 aromatic heterocycles. The first kappa shape index (κ1) is 13.9. The van der Waals surface area contributed by atoms with Gasteiger partial charge in [0.15, 0.2) is 0 Å². The zero-order valence-electron chi connectivity index (χ0n) is 5.86. The molecule has 0 aliphatic rings. The first-order valence-corrected chi connectivity index (χ1v) is 4.06. The number of hydrogen-bond acceptors (Lipinski definition) is 2. The molecule has 0 unspecified atom stereocenters. The zero-order valence-corrected chi connectivity index (χ0v) is 7.49. The van der Waals surface area contributed by atoms with Crippen molar-refractivity contribution in [1.29, 1.82) is 0 Å². The Bertz CT molecular complexity index is 88.3. The smallest absolute Gasteiger partial charge is 0.330 e. The van der Waals surface area contributed by atoms with E-state index in [1.165, 1.54) is 11.8 Å². The lowest BCUT2D eigenvalue weighted by molar-refractivity contribution is -0.129. The lowest BCUT2D eigenvalue weighted by atomic mass is 10.5. The van der Waals surface area contributed by atoms with Gasteiger partial charge in [-0.1, -0.05) is 0 Å². The lowest BCUT2D eigenvalue weighted by Gasteiger charge is -2.03. The largest absolute Gasteiger partial charge is 0.389 e. The van der Waals surface area contributed by atoms with Gasteiger partial charge in [0, 0.05) is 18.1 Å². The number of hydrogen-bond donors (Lipinski definition) is 1. The molecule has 11 heavy (non-hydrogen) atoms. The number of thioether (sulfide) groups is 1. The summed E-state index contributed by atoms with van der Waals surface area (Å²) in [5, 5.41) is 0. The van der Waals surface area contributed by atoms with Gasteiger partial charge in [0.2, 0.25) is 0 Å². The maximum Gasteiger partial charge on any atom is 0.389 e. The number of nitrogens with two attached hydrogens (primary N) is 1. The van der Waals surface area contributed by atoms with E-state index in [1.807, 2.05) is 0 Å². The highest BCUT2D eigenvalue weighted by Crippen LogP contribution is 2.21. The van der Waals surface area contributed by atoms with Gasteiger partial charge in [0.1, 0.15) is 0 Å². The van der Waals surface area contributed by atoms with Crippen LogP contribution in [0.15, 0.2) is 0 Å². The van der Waals surface area contributed by atoms with Crippen molar-refractivity contribution in [3.63, 3.8) is 0 Å². The van der Waals surface area contributed by atoms with Crippen molar-refractivity contribution in [2.45, 2.75) is 12.6 Å². The SMILES string of the molecule is Cl.NCCSCCC(F)(F)F. The van der Waals surface area contributed by atoms with Crippen LogP contribution in [0.3, 0.4) is 0 Å². The Morgan fingerprint density at radius 1 is 1.18 bits per heavy atom. The van der Waals surface area contributed by atoms with E-state index in [9.17, 15) is 13.2 Å². The van der Waals surface area contributed by atoms with Crippen LogP contribution in [0, 0.1) is 0 Å². The molecule has 0 heterocycles. The van der Waals surface area contributed by atoms with Gasteiger partial charge < -0.3 is 5.73 Å². The number of rotatable bonds is 4. The standard InChI is InChI=1S/C5H10F3NS.ClH/c6-5(7,8)1-3-10-4-2-9;/h1-4,9H2;1H. The van der Waals surface area contributed by atoms with Crippen molar-refractivity contribution in [2.75, 3.05) is 18.1 Å². The van der Waals surface area contributed by atoms with E-state index in [2.05, 4.69) is 0 Å². The van der Waals surface area contributed by atoms with Gasteiger partial charge in [-0.2, -0.15) is 24.9 Å². The minimum Gasteiger partial charge on any atom is -0.330 e. The van der Waals surface area contributed by atoms with Gasteiger partial charge in [-0.15, -0.1) is 12.4 Å². The minimum atomic E-state index is -4.01. The van der Waals surface area contributed by atoms with Gasteiger partial charge in [-0.25, -0.2) is 0 Å². The van der Waals surface area contributed by atoms with E-state index in [0.29, 0.717) is 12.3 Å². The average molecular weight is 210 g/mol. The van der Waals surface area contributed by atoms with E-state index in [1.54, 1.807) is 0 Å². The molecule has 6 heteroatoms. The maximum absolute atomic E-state index is 11.4. The van der Waals surface area contributed by atoms with Gasteiger partial charge in [-0.05, 0) is 0 Å². The third kappa shape index (κ3) is 13.4. The second-order valence-corrected chi connectivity index (χ2v) is 2.99. The summed E-state index contributed by atoms with van der Waals surface area (Å²) in [6.07, 6.45) is -4.72. The van der Waals surface area contributed by atoms with Crippen molar-refractivity contribution in [1.82, 2.24) is 0 Å². The van der Waals surface area contributed by atoms with Crippen molar-refractivity contribution < 1.29 is 13.2 Å². The molecule has 0 atom stereocenters. The topological polar surface area (TPSA) is 26.0 Å². The molecule has 0 bridgehead atoms. The van der Waals surface area contributed by atoms with Gasteiger partial charge in [0.05, 0.1) is 6.42 Å². The third-order valence-electron chi connectivity index (χ3n) is 0.792. The molecule has 2 N–H and O–H groups in total. The molecular weight excluding hydrogens is 199 g/mol. The number of halogens is 4. The van der Waals surface area contributed by atoms with Crippen LogP contribution in [0.25, 0.3) is 0 Å². The summed E-state index contributed by atoms with van der Waals surface area (Å²) in [5.41, 5.74) is 5.08. The van der Waals surface area contributed by atoms with Crippen LogP contribution < -0.4 is 5.73 Å². The van der Waals surface area contributed by atoms with Crippen LogP contribution in [0.5, 0.6) is 0 Å². The van der Waals surface area contributed by atoms with Crippen molar-refractivity contribution in [3.05, 3.63) is 0 Å². The highest BCUT2D eigenvalue weighted by Gasteiger charge is 2.25. The van der Waals surface area contributed by atoms with Crippen LogP contribution in [0.4, 0.5) is 13.2 Å². The lowest BCUT2D eigenvalue weighted by Crippen LogP contribution is -2.09. The van der Waals surface area contributed by atoms with Crippen molar-refractivity contribution in [3.8, 4) is 0 Å². The van der Waals surface area contributed by atoms with E-state index in [4.69, 9.17) is 5.73 Å². The molecule has 0 rings (SSSR count). The molecular formula is C5H11ClF3NS. The molecule has 0 fully saturated rings. The highest BCUT2D eigenvalue weighted by atomic mass is 35.5. The summed E-state index contributed by atoms with van der Waals surface area (Å²) in [7, 11) is 0. The quantitative estimate of drug-likeness (QED) is 0.718. The van der Waals surface area contributed by atoms with Crippen molar-refractivity contribution in [2.24, 2.45) is 5.73 Å². The Morgan fingerprint density at radius 2 is 1.73 bits per heavy atom.